The van der Waals surface area contributed by atoms with Crippen LogP contribution in [0.3, 0.4) is 0 Å². The molecule has 0 atom stereocenters. The van der Waals surface area contributed by atoms with E-state index in [2.05, 4.69) is 25.7 Å². The van der Waals surface area contributed by atoms with Crippen LogP contribution in [0.2, 0.25) is 0 Å². The average molecular weight is 167 g/mol. The van der Waals surface area contributed by atoms with Gasteiger partial charge in [-0.3, -0.25) is 0 Å². The van der Waals surface area contributed by atoms with Gasteiger partial charge < -0.3 is 5.32 Å². The SMILES string of the molecule is C=C/C=C(\CC)NCCCCC. The normalized spacial score (nSPS) is 11.3. The van der Waals surface area contributed by atoms with Gasteiger partial charge in [-0.15, -0.1) is 0 Å². The van der Waals surface area contributed by atoms with Crippen LogP contribution in [-0.2, 0) is 0 Å². The van der Waals surface area contributed by atoms with Crippen LogP contribution < -0.4 is 5.32 Å². The molecule has 1 heteroatoms. The topological polar surface area (TPSA) is 12.0 Å². The fourth-order valence-corrected chi connectivity index (χ4v) is 1.07. The molecule has 0 aromatic carbocycles. The molecule has 0 aromatic heterocycles. The van der Waals surface area contributed by atoms with Crippen LogP contribution in [0.5, 0.6) is 0 Å². The molecule has 0 spiro atoms. The van der Waals surface area contributed by atoms with E-state index < -0.39 is 0 Å². The first-order chi connectivity index (χ1) is 5.85. The van der Waals surface area contributed by atoms with Crippen molar-refractivity contribution >= 4 is 0 Å². The molecule has 0 aliphatic carbocycles. The van der Waals surface area contributed by atoms with E-state index in [1.807, 2.05) is 12.2 Å². The lowest BCUT2D eigenvalue weighted by Gasteiger charge is -2.07. The third-order valence-electron chi connectivity index (χ3n) is 1.83. The zero-order valence-electron chi connectivity index (χ0n) is 8.40. The van der Waals surface area contributed by atoms with Gasteiger partial charge in [0.15, 0.2) is 0 Å². The third kappa shape index (κ3) is 6.02. The van der Waals surface area contributed by atoms with Gasteiger partial charge in [0.2, 0.25) is 0 Å². The molecule has 1 nitrogen and oxygen atoms in total. The Morgan fingerprint density at radius 3 is 2.58 bits per heavy atom. The maximum Gasteiger partial charge on any atom is 0.0143 e. The Balaban J connectivity index is 3.45. The van der Waals surface area contributed by atoms with Gasteiger partial charge in [-0.2, -0.15) is 0 Å². The summed E-state index contributed by atoms with van der Waals surface area (Å²) in [5, 5.41) is 3.40. The predicted molar refractivity (Wildman–Crippen MR) is 56.1 cm³/mol. The van der Waals surface area contributed by atoms with Gasteiger partial charge in [0.05, 0.1) is 0 Å². The first kappa shape index (κ1) is 11.3. The zero-order chi connectivity index (χ0) is 9.23. The number of unbranched alkanes of at least 4 members (excludes halogenated alkanes) is 2. The molecule has 0 saturated heterocycles. The van der Waals surface area contributed by atoms with Crippen LogP contribution in [0.15, 0.2) is 24.4 Å². The molecule has 0 unspecified atom stereocenters. The Morgan fingerprint density at radius 1 is 1.33 bits per heavy atom. The van der Waals surface area contributed by atoms with E-state index in [1.165, 1.54) is 25.0 Å². The summed E-state index contributed by atoms with van der Waals surface area (Å²) in [5.74, 6) is 0. The van der Waals surface area contributed by atoms with Gasteiger partial charge >= 0.3 is 0 Å². The molecule has 0 rings (SSSR count). The summed E-state index contributed by atoms with van der Waals surface area (Å²) in [6, 6.07) is 0. The average Bonchev–Trinajstić information content (AvgIpc) is 2.10. The molecule has 0 bridgehead atoms. The maximum atomic E-state index is 3.68. The molecule has 0 radical (unpaired) electrons. The maximum absolute atomic E-state index is 3.68. The van der Waals surface area contributed by atoms with E-state index in [1.54, 1.807) is 0 Å². The lowest BCUT2D eigenvalue weighted by atomic mass is 10.2. The van der Waals surface area contributed by atoms with Crippen molar-refractivity contribution in [3.63, 3.8) is 0 Å². The Labute approximate surface area is 76.6 Å². The second kappa shape index (κ2) is 8.38. The molecular formula is C11H21N. The van der Waals surface area contributed by atoms with E-state index in [-0.39, 0.29) is 0 Å². The van der Waals surface area contributed by atoms with Crippen molar-refractivity contribution in [3.8, 4) is 0 Å². The highest BCUT2D eigenvalue weighted by atomic mass is 14.9. The minimum Gasteiger partial charge on any atom is -0.388 e. The summed E-state index contributed by atoms with van der Waals surface area (Å²) in [7, 11) is 0. The van der Waals surface area contributed by atoms with Gasteiger partial charge in [-0.25, -0.2) is 0 Å². The highest BCUT2D eigenvalue weighted by molar-refractivity contribution is 5.07. The standard InChI is InChI=1S/C11H21N/c1-4-7-8-10-12-11(6-3)9-5-2/h5,9,12H,2,4,6-8,10H2,1,3H3/b11-9+. The highest BCUT2D eigenvalue weighted by Crippen LogP contribution is 1.97. The Morgan fingerprint density at radius 2 is 2.08 bits per heavy atom. The minimum atomic E-state index is 1.07. The quantitative estimate of drug-likeness (QED) is 0.453. The molecule has 0 aliphatic heterocycles. The van der Waals surface area contributed by atoms with Crippen LogP contribution in [0.4, 0.5) is 0 Å². The molecule has 0 amide bonds. The van der Waals surface area contributed by atoms with E-state index in [0.717, 1.165) is 13.0 Å². The molecule has 0 heterocycles. The van der Waals surface area contributed by atoms with Crippen LogP contribution >= 0.6 is 0 Å². The second-order valence-electron chi connectivity index (χ2n) is 2.92. The molecule has 70 valence electrons. The lowest BCUT2D eigenvalue weighted by molar-refractivity contribution is 0.657. The van der Waals surface area contributed by atoms with E-state index in [0.29, 0.717) is 0 Å². The van der Waals surface area contributed by atoms with Gasteiger partial charge in [0.25, 0.3) is 0 Å². The minimum absolute atomic E-state index is 1.07. The summed E-state index contributed by atoms with van der Waals surface area (Å²) in [4.78, 5) is 0. The molecule has 0 aliphatic rings. The molecule has 0 saturated carbocycles. The fraction of sp³-hybridized carbons (Fsp3) is 0.636. The number of hydrogen-bond acceptors (Lipinski definition) is 1. The van der Waals surface area contributed by atoms with Gasteiger partial charge in [0, 0.05) is 12.2 Å². The largest absolute Gasteiger partial charge is 0.388 e. The van der Waals surface area contributed by atoms with Crippen molar-refractivity contribution in [2.75, 3.05) is 6.54 Å². The Hall–Kier alpha value is -0.720. The lowest BCUT2D eigenvalue weighted by Crippen LogP contribution is -2.13. The fourth-order valence-electron chi connectivity index (χ4n) is 1.07. The van der Waals surface area contributed by atoms with Gasteiger partial charge in [-0.05, 0) is 18.9 Å². The predicted octanol–water partition coefficient (Wildman–Crippen LogP) is 3.25. The Kier molecular flexibility index (Phi) is 7.87. The van der Waals surface area contributed by atoms with Crippen molar-refractivity contribution in [1.82, 2.24) is 5.32 Å². The first-order valence-electron chi connectivity index (χ1n) is 4.90. The van der Waals surface area contributed by atoms with Crippen LogP contribution in [-0.4, -0.2) is 6.54 Å². The summed E-state index contributed by atoms with van der Waals surface area (Å²) < 4.78 is 0. The zero-order valence-corrected chi connectivity index (χ0v) is 8.40. The van der Waals surface area contributed by atoms with Crippen molar-refractivity contribution in [3.05, 3.63) is 24.4 Å². The summed E-state index contributed by atoms with van der Waals surface area (Å²) in [6.45, 7) is 9.15. The molecule has 0 fully saturated rings. The Bertz CT molecular complexity index is 136. The van der Waals surface area contributed by atoms with Crippen LogP contribution in [0, 0.1) is 0 Å². The van der Waals surface area contributed by atoms with Crippen LogP contribution in [0.25, 0.3) is 0 Å². The van der Waals surface area contributed by atoms with Crippen molar-refractivity contribution < 1.29 is 0 Å². The number of allylic oxidation sites excluding steroid dienone is 3. The van der Waals surface area contributed by atoms with E-state index in [4.69, 9.17) is 0 Å². The number of rotatable bonds is 7. The third-order valence-corrected chi connectivity index (χ3v) is 1.83. The van der Waals surface area contributed by atoms with E-state index >= 15 is 0 Å². The summed E-state index contributed by atoms with van der Waals surface area (Å²) in [5.41, 5.74) is 1.29. The van der Waals surface area contributed by atoms with E-state index in [9.17, 15) is 0 Å². The van der Waals surface area contributed by atoms with Gasteiger partial charge in [-0.1, -0.05) is 39.3 Å². The number of nitrogens with one attached hydrogen (secondary N) is 1. The summed E-state index contributed by atoms with van der Waals surface area (Å²) in [6.07, 6.45) is 8.83. The highest BCUT2D eigenvalue weighted by Gasteiger charge is 1.90. The van der Waals surface area contributed by atoms with Crippen molar-refractivity contribution in [2.24, 2.45) is 0 Å². The monoisotopic (exact) mass is 167 g/mol. The molecular weight excluding hydrogens is 146 g/mol. The smallest absolute Gasteiger partial charge is 0.0143 e. The van der Waals surface area contributed by atoms with Crippen molar-refractivity contribution in [1.29, 1.82) is 0 Å². The second-order valence-corrected chi connectivity index (χ2v) is 2.92. The molecule has 0 aromatic rings. The summed E-state index contributed by atoms with van der Waals surface area (Å²) >= 11 is 0. The van der Waals surface area contributed by atoms with Gasteiger partial charge in [0.1, 0.15) is 0 Å². The van der Waals surface area contributed by atoms with Crippen molar-refractivity contribution in [2.45, 2.75) is 39.5 Å². The first-order valence-corrected chi connectivity index (χ1v) is 4.90. The molecule has 1 N–H and O–H groups in total. The number of hydrogen-bond donors (Lipinski definition) is 1. The molecule has 12 heavy (non-hydrogen) atoms. The van der Waals surface area contributed by atoms with Crippen LogP contribution in [0.1, 0.15) is 39.5 Å².